The molecule has 1 aromatic heterocycles. The van der Waals surface area contributed by atoms with E-state index >= 15 is 0 Å². The minimum Gasteiger partial charge on any atom is -0.407 e. The highest BCUT2D eigenvalue weighted by Crippen LogP contribution is 1.97. The Morgan fingerprint density at radius 3 is 2.89 bits per heavy atom. The van der Waals surface area contributed by atoms with E-state index in [0.717, 1.165) is 0 Å². The Labute approximate surface area is 52.3 Å². The number of nitrogens with one attached hydrogen (secondary N) is 1. The molecule has 0 aliphatic carbocycles. The van der Waals surface area contributed by atoms with Crippen molar-refractivity contribution in [3.63, 3.8) is 0 Å². The van der Waals surface area contributed by atoms with Crippen LogP contribution in [0.5, 0.6) is 0 Å². The van der Waals surface area contributed by atoms with Gasteiger partial charge in [-0.25, -0.2) is 0 Å². The van der Waals surface area contributed by atoms with Crippen LogP contribution in [0.4, 0.5) is 6.01 Å². The van der Waals surface area contributed by atoms with Gasteiger partial charge in [0.15, 0.2) is 0 Å². The van der Waals surface area contributed by atoms with E-state index < -0.39 is 0 Å². The van der Waals surface area contributed by atoms with E-state index in [9.17, 15) is 0 Å². The van der Waals surface area contributed by atoms with E-state index in [0.29, 0.717) is 12.4 Å². The molecule has 5 heteroatoms. The van der Waals surface area contributed by atoms with Gasteiger partial charge < -0.3 is 15.5 Å². The lowest BCUT2D eigenvalue weighted by molar-refractivity contribution is 0.494. The predicted octanol–water partition coefficient (Wildman–Crippen LogP) is -0.629. The van der Waals surface area contributed by atoms with E-state index in [-0.39, 0.29) is 6.01 Å². The summed E-state index contributed by atoms with van der Waals surface area (Å²) in [5.74, 6) is 0.509. The summed E-state index contributed by atoms with van der Waals surface area (Å²) in [6.45, 7) is 0.560. The van der Waals surface area contributed by atoms with Gasteiger partial charge in [0.2, 0.25) is 5.89 Å². The molecule has 0 bridgehead atoms. The fourth-order valence-electron chi connectivity index (χ4n) is 0.489. The second kappa shape index (κ2) is 2.45. The van der Waals surface area contributed by atoms with Crippen LogP contribution in [0.2, 0.25) is 0 Å². The summed E-state index contributed by atoms with van der Waals surface area (Å²) in [7, 11) is 1.79. The van der Waals surface area contributed by atoms with Crippen molar-refractivity contribution >= 4 is 6.01 Å². The van der Waals surface area contributed by atoms with Gasteiger partial charge in [0.05, 0.1) is 6.54 Å². The van der Waals surface area contributed by atoms with Crippen LogP contribution >= 0.6 is 0 Å². The molecule has 9 heavy (non-hydrogen) atoms. The third kappa shape index (κ3) is 1.39. The second-order valence-corrected chi connectivity index (χ2v) is 1.56. The Hall–Kier alpha value is -1.10. The van der Waals surface area contributed by atoms with Gasteiger partial charge in [-0.05, 0) is 7.05 Å². The largest absolute Gasteiger partial charge is 0.407 e. The van der Waals surface area contributed by atoms with Gasteiger partial charge >= 0.3 is 6.01 Å². The van der Waals surface area contributed by atoms with Crippen LogP contribution in [-0.2, 0) is 6.54 Å². The Bertz CT molecular complexity index is 184. The van der Waals surface area contributed by atoms with Crippen molar-refractivity contribution in [1.29, 1.82) is 0 Å². The van der Waals surface area contributed by atoms with E-state index in [1.54, 1.807) is 7.05 Å². The monoisotopic (exact) mass is 128 g/mol. The van der Waals surface area contributed by atoms with Crippen molar-refractivity contribution in [2.24, 2.45) is 0 Å². The molecule has 0 atom stereocenters. The van der Waals surface area contributed by atoms with Crippen molar-refractivity contribution in [3.8, 4) is 0 Å². The summed E-state index contributed by atoms with van der Waals surface area (Å²) in [6.07, 6.45) is 0. The molecule has 1 aromatic rings. The van der Waals surface area contributed by atoms with Crippen molar-refractivity contribution in [1.82, 2.24) is 15.5 Å². The van der Waals surface area contributed by atoms with Gasteiger partial charge in [0, 0.05) is 0 Å². The maximum absolute atomic E-state index is 5.14. The summed E-state index contributed by atoms with van der Waals surface area (Å²) in [4.78, 5) is 0. The molecule has 3 N–H and O–H groups in total. The van der Waals surface area contributed by atoms with Crippen LogP contribution in [0.25, 0.3) is 0 Å². The SMILES string of the molecule is CNCc1nnc(N)o1. The Morgan fingerprint density at radius 2 is 2.44 bits per heavy atom. The number of aromatic nitrogens is 2. The molecule has 0 radical (unpaired) electrons. The molecule has 0 spiro atoms. The lowest BCUT2D eigenvalue weighted by atomic mass is 10.6. The molecule has 0 aliphatic rings. The topological polar surface area (TPSA) is 77.0 Å². The van der Waals surface area contributed by atoms with Gasteiger partial charge in [-0.3, -0.25) is 0 Å². The third-order valence-corrected chi connectivity index (χ3v) is 0.810. The molecule has 0 aromatic carbocycles. The van der Waals surface area contributed by atoms with Crippen LogP contribution in [0.15, 0.2) is 4.42 Å². The Balaban J connectivity index is 2.61. The first-order valence-electron chi connectivity index (χ1n) is 2.55. The number of nitrogens with two attached hydrogens (primary N) is 1. The maximum Gasteiger partial charge on any atom is 0.312 e. The quantitative estimate of drug-likeness (QED) is 0.554. The molecule has 1 rings (SSSR count). The summed E-state index contributed by atoms with van der Waals surface area (Å²) >= 11 is 0. The molecule has 0 unspecified atom stereocenters. The fourth-order valence-corrected chi connectivity index (χ4v) is 0.489. The normalized spacial score (nSPS) is 9.89. The minimum absolute atomic E-state index is 0.111. The summed E-state index contributed by atoms with van der Waals surface area (Å²) < 4.78 is 4.82. The van der Waals surface area contributed by atoms with E-state index in [1.165, 1.54) is 0 Å². The predicted molar refractivity (Wildman–Crippen MR) is 31.5 cm³/mol. The second-order valence-electron chi connectivity index (χ2n) is 1.56. The zero-order valence-electron chi connectivity index (χ0n) is 5.09. The molecule has 0 amide bonds. The first kappa shape index (κ1) is 6.03. The van der Waals surface area contributed by atoms with Gasteiger partial charge in [-0.2, -0.15) is 0 Å². The highest BCUT2D eigenvalue weighted by molar-refractivity contribution is 5.04. The first-order chi connectivity index (χ1) is 4.33. The van der Waals surface area contributed by atoms with Gasteiger partial charge in [-0.1, -0.05) is 5.10 Å². The molecular weight excluding hydrogens is 120 g/mol. The standard InChI is InChI=1S/C4H8N4O/c1-6-2-3-7-8-4(5)9-3/h6H,2H2,1H3,(H2,5,8). The van der Waals surface area contributed by atoms with Gasteiger partial charge in [0.1, 0.15) is 0 Å². The molecule has 50 valence electrons. The number of nitrogens with zero attached hydrogens (tertiary/aromatic N) is 2. The van der Waals surface area contributed by atoms with E-state index in [2.05, 4.69) is 15.5 Å². The zero-order valence-corrected chi connectivity index (χ0v) is 5.09. The molecule has 5 nitrogen and oxygen atoms in total. The number of anilines is 1. The fraction of sp³-hybridized carbons (Fsp3) is 0.500. The smallest absolute Gasteiger partial charge is 0.312 e. The lowest BCUT2D eigenvalue weighted by Gasteiger charge is -1.86. The number of hydrogen-bond donors (Lipinski definition) is 2. The first-order valence-corrected chi connectivity index (χ1v) is 2.55. The highest BCUT2D eigenvalue weighted by atomic mass is 16.4. The number of nitrogen functional groups attached to an aromatic ring is 1. The van der Waals surface area contributed by atoms with Crippen molar-refractivity contribution in [3.05, 3.63) is 5.89 Å². The van der Waals surface area contributed by atoms with Crippen LogP contribution < -0.4 is 11.1 Å². The molecule has 0 saturated heterocycles. The third-order valence-electron chi connectivity index (χ3n) is 0.810. The molecule has 0 saturated carbocycles. The molecule has 0 fully saturated rings. The summed E-state index contributed by atoms with van der Waals surface area (Å²) in [5, 5.41) is 9.90. The van der Waals surface area contributed by atoms with Crippen molar-refractivity contribution < 1.29 is 4.42 Å². The minimum atomic E-state index is 0.111. The lowest BCUT2D eigenvalue weighted by Crippen LogP contribution is -2.04. The van der Waals surface area contributed by atoms with Crippen LogP contribution in [0.3, 0.4) is 0 Å². The van der Waals surface area contributed by atoms with Crippen LogP contribution in [0, 0.1) is 0 Å². The number of hydrogen-bond acceptors (Lipinski definition) is 5. The summed E-state index contributed by atoms with van der Waals surface area (Å²) in [5.41, 5.74) is 5.14. The Kier molecular flexibility index (Phi) is 1.64. The van der Waals surface area contributed by atoms with Gasteiger partial charge in [0.25, 0.3) is 0 Å². The highest BCUT2D eigenvalue weighted by Gasteiger charge is 1.98. The molecule has 0 aliphatic heterocycles. The maximum atomic E-state index is 5.14. The molecular formula is C4H8N4O. The Morgan fingerprint density at radius 1 is 1.67 bits per heavy atom. The van der Waals surface area contributed by atoms with E-state index in [4.69, 9.17) is 10.2 Å². The molecule has 1 heterocycles. The average Bonchev–Trinajstić information content (AvgIpc) is 2.17. The number of rotatable bonds is 2. The summed E-state index contributed by atoms with van der Waals surface area (Å²) in [6, 6.07) is 0.111. The van der Waals surface area contributed by atoms with Crippen molar-refractivity contribution in [2.45, 2.75) is 6.54 Å². The van der Waals surface area contributed by atoms with Crippen molar-refractivity contribution in [2.75, 3.05) is 12.8 Å². The van der Waals surface area contributed by atoms with Crippen LogP contribution in [0.1, 0.15) is 5.89 Å². The average molecular weight is 128 g/mol. The van der Waals surface area contributed by atoms with Crippen LogP contribution in [-0.4, -0.2) is 17.2 Å². The zero-order chi connectivity index (χ0) is 6.69. The van der Waals surface area contributed by atoms with Gasteiger partial charge in [-0.15, -0.1) is 5.10 Å². The van der Waals surface area contributed by atoms with E-state index in [1.807, 2.05) is 0 Å².